The molecule has 5 nitrogen and oxygen atoms in total. The van der Waals surface area contributed by atoms with Crippen LogP contribution in [0.1, 0.15) is 51.0 Å². The summed E-state index contributed by atoms with van der Waals surface area (Å²) in [7, 11) is 0. The van der Waals surface area contributed by atoms with E-state index in [0.717, 1.165) is 32.2 Å². The molecular formula is C15H24N4O. The number of hydrogen-bond donors (Lipinski definition) is 1. The molecule has 2 aliphatic carbocycles. The first-order chi connectivity index (χ1) is 9.81. The number of nitrogens with two attached hydrogens (primary N) is 1. The topological polar surface area (TPSA) is 64.2 Å². The van der Waals surface area contributed by atoms with E-state index >= 15 is 0 Å². The van der Waals surface area contributed by atoms with Gasteiger partial charge in [-0.1, -0.05) is 19.3 Å². The molecule has 0 unspecified atom stereocenters. The van der Waals surface area contributed by atoms with E-state index in [4.69, 9.17) is 5.73 Å². The first-order valence-corrected chi connectivity index (χ1v) is 7.85. The minimum atomic E-state index is 0.0639. The summed E-state index contributed by atoms with van der Waals surface area (Å²) in [6.07, 6.45) is 11.9. The van der Waals surface area contributed by atoms with Crippen molar-refractivity contribution in [3.05, 3.63) is 22.7 Å². The van der Waals surface area contributed by atoms with Gasteiger partial charge in [-0.2, -0.15) is 0 Å². The Morgan fingerprint density at radius 3 is 2.65 bits per heavy atom. The van der Waals surface area contributed by atoms with Crippen LogP contribution in [0, 0.1) is 0 Å². The molecule has 110 valence electrons. The Morgan fingerprint density at radius 2 is 2.00 bits per heavy atom. The number of anilines is 1. The summed E-state index contributed by atoms with van der Waals surface area (Å²) in [6, 6.07) is 0.831. The molecule has 20 heavy (non-hydrogen) atoms. The lowest BCUT2D eigenvalue weighted by Crippen LogP contribution is -2.44. The Hall–Kier alpha value is -1.36. The van der Waals surface area contributed by atoms with Crippen molar-refractivity contribution in [3.63, 3.8) is 0 Å². The van der Waals surface area contributed by atoms with Gasteiger partial charge in [-0.05, 0) is 25.7 Å². The second kappa shape index (κ2) is 5.95. The minimum Gasteiger partial charge on any atom is -0.348 e. The quantitative estimate of drug-likeness (QED) is 0.888. The molecule has 1 aromatic heterocycles. The smallest absolute Gasteiger partial charge is 0.293 e. The van der Waals surface area contributed by atoms with E-state index in [1.807, 2.05) is 10.8 Å². The summed E-state index contributed by atoms with van der Waals surface area (Å²) >= 11 is 0. The third-order valence-electron chi connectivity index (χ3n) is 4.45. The van der Waals surface area contributed by atoms with Crippen LogP contribution in [0.5, 0.6) is 0 Å². The van der Waals surface area contributed by atoms with Crippen LogP contribution in [0.15, 0.2) is 17.2 Å². The van der Waals surface area contributed by atoms with Crippen molar-refractivity contribution < 1.29 is 0 Å². The fourth-order valence-electron chi connectivity index (χ4n) is 3.24. The normalized spacial score (nSPS) is 20.1. The van der Waals surface area contributed by atoms with E-state index in [-0.39, 0.29) is 5.56 Å². The predicted octanol–water partition coefficient (Wildman–Crippen LogP) is 1.68. The van der Waals surface area contributed by atoms with E-state index in [2.05, 4.69) is 9.88 Å². The number of nitrogens with zero attached hydrogens (tertiary/aromatic N) is 3. The van der Waals surface area contributed by atoms with Crippen LogP contribution in [0.3, 0.4) is 0 Å². The maximum absolute atomic E-state index is 12.6. The zero-order chi connectivity index (χ0) is 13.9. The lowest BCUT2D eigenvalue weighted by atomic mass is 9.94. The third-order valence-corrected chi connectivity index (χ3v) is 4.45. The molecule has 2 fully saturated rings. The van der Waals surface area contributed by atoms with E-state index in [0.29, 0.717) is 24.4 Å². The third kappa shape index (κ3) is 2.73. The summed E-state index contributed by atoms with van der Waals surface area (Å²) in [4.78, 5) is 19.2. The zero-order valence-corrected chi connectivity index (χ0v) is 12.0. The molecule has 5 heteroatoms. The van der Waals surface area contributed by atoms with Crippen molar-refractivity contribution in [2.24, 2.45) is 5.73 Å². The molecule has 0 aliphatic heterocycles. The summed E-state index contributed by atoms with van der Waals surface area (Å²) in [6.45, 7) is 1.29. The van der Waals surface area contributed by atoms with Crippen LogP contribution >= 0.6 is 0 Å². The molecule has 0 bridgehead atoms. The number of hydrogen-bond acceptors (Lipinski definition) is 4. The Bertz CT molecular complexity index is 503. The predicted molar refractivity (Wildman–Crippen MR) is 80.0 cm³/mol. The molecule has 2 aliphatic rings. The first kappa shape index (κ1) is 13.6. The molecule has 0 spiro atoms. The molecule has 0 atom stereocenters. The number of rotatable bonds is 5. The van der Waals surface area contributed by atoms with Gasteiger partial charge in [0.15, 0.2) is 5.82 Å². The summed E-state index contributed by atoms with van der Waals surface area (Å²) in [5.41, 5.74) is 5.82. The van der Waals surface area contributed by atoms with Crippen LogP contribution in [0.2, 0.25) is 0 Å². The minimum absolute atomic E-state index is 0.0639. The summed E-state index contributed by atoms with van der Waals surface area (Å²) < 4.78 is 1.86. The van der Waals surface area contributed by atoms with Gasteiger partial charge in [-0.15, -0.1) is 0 Å². The summed E-state index contributed by atoms with van der Waals surface area (Å²) in [5, 5.41) is 0. The highest BCUT2D eigenvalue weighted by Crippen LogP contribution is 2.33. The van der Waals surface area contributed by atoms with Crippen molar-refractivity contribution in [1.29, 1.82) is 0 Å². The second-order valence-corrected chi connectivity index (χ2v) is 5.97. The van der Waals surface area contributed by atoms with Crippen molar-refractivity contribution in [1.82, 2.24) is 9.55 Å². The SMILES string of the molecule is NCCN(c1nccn(C2CC2)c1=O)C1CCCCC1. The highest BCUT2D eigenvalue weighted by atomic mass is 16.1. The molecule has 1 heterocycles. The second-order valence-electron chi connectivity index (χ2n) is 5.97. The van der Waals surface area contributed by atoms with E-state index in [1.54, 1.807) is 6.20 Å². The van der Waals surface area contributed by atoms with E-state index < -0.39 is 0 Å². The lowest BCUT2D eigenvalue weighted by Gasteiger charge is -2.34. The maximum atomic E-state index is 12.6. The van der Waals surface area contributed by atoms with Gasteiger partial charge in [0.25, 0.3) is 5.56 Å². The van der Waals surface area contributed by atoms with Gasteiger partial charge in [-0.3, -0.25) is 4.79 Å². The highest BCUT2D eigenvalue weighted by molar-refractivity contribution is 5.38. The monoisotopic (exact) mass is 276 g/mol. The van der Waals surface area contributed by atoms with Gasteiger partial charge in [0.1, 0.15) is 0 Å². The van der Waals surface area contributed by atoms with Gasteiger partial charge >= 0.3 is 0 Å². The average molecular weight is 276 g/mol. The molecule has 0 radical (unpaired) electrons. The standard InChI is InChI=1S/C15H24N4O/c16-8-10-18(12-4-2-1-3-5-12)14-15(20)19(11-9-17-14)13-6-7-13/h9,11-13H,1-8,10,16H2. The van der Waals surface area contributed by atoms with Gasteiger partial charge in [0.05, 0.1) is 0 Å². The van der Waals surface area contributed by atoms with E-state index in [1.165, 1.54) is 19.3 Å². The van der Waals surface area contributed by atoms with Crippen LogP contribution in [0.25, 0.3) is 0 Å². The Kier molecular flexibility index (Phi) is 4.05. The molecule has 0 amide bonds. The molecule has 2 saturated carbocycles. The fourth-order valence-corrected chi connectivity index (χ4v) is 3.24. The Balaban J connectivity index is 1.90. The van der Waals surface area contributed by atoms with Crippen molar-refractivity contribution in [3.8, 4) is 0 Å². The molecule has 2 N–H and O–H groups in total. The van der Waals surface area contributed by atoms with E-state index in [9.17, 15) is 4.79 Å². The van der Waals surface area contributed by atoms with Gasteiger partial charge in [-0.25, -0.2) is 4.98 Å². The molecule has 0 saturated heterocycles. The molecular weight excluding hydrogens is 252 g/mol. The van der Waals surface area contributed by atoms with Crippen LogP contribution in [-0.4, -0.2) is 28.7 Å². The lowest BCUT2D eigenvalue weighted by molar-refractivity contribution is 0.412. The van der Waals surface area contributed by atoms with Gasteiger partial charge in [0.2, 0.25) is 0 Å². The van der Waals surface area contributed by atoms with Crippen molar-refractivity contribution >= 4 is 5.82 Å². The van der Waals surface area contributed by atoms with Crippen LogP contribution in [-0.2, 0) is 0 Å². The Labute approximate surface area is 119 Å². The largest absolute Gasteiger partial charge is 0.348 e. The van der Waals surface area contributed by atoms with Crippen molar-refractivity contribution in [2.45, 2.75) is 57.0 Å². The maximum Gasteiger partial charge on any atom is 0.293 e. The highest BCUT2D eigenvalue weighted by Gasteiger charge is 2.28. The number of aromatic nitrogens is 2. The molecule has 1 aromatic rings. The molecule has 3 rings (SSSR count). The Morgan fingerprint density at radius 1 is 1.25 bits per heavy atom. The first-order valence-electron chi connectivity index (χ1n) is 7.85. The van der Waals surface area contributed by atoms with Crippen molar-refractivity contribution in [2.75, 3.05) is 18.0 Å². The zero-order valence-electron chi connectivity index (χ0n) is 12.0. The average Bonchev–Trinajstić information content (AvgIpc) is 3.31. The molecule has 0 aromatic carbocycles. The van der Waals surface area contributed by atoms with Gasteiger partial charge < -0.3 is 15.2 Å². The van der Waals surface area contributed by atoms with Gasteiger partial charge in [0, 0.05) is 37.6 Å². The van der Waals surface area contributed by atoms with Crippen LogP contribution < -0.4 is 16.2 Å². The fraction of sp³-hybridized carbons (Fsp3) is 0.733. The summed E-state index contributed by atoms with van der Waals surface area (Å²) in [5.74, 6) is 0.608. The van der Waals surface area contributed by atoms with Crippen LogP contribution in [0.4, 0.5) is 5.82 Å².